The van der Waals surface area contributed by atoms with Gasteiger partial charge >= 0.3 is 0 Å². The van der Waals surface area contributed by atoms with E-state index in [1.165, 1.54) is 4.31 Å². The van der Waals surface area contributed by atoms with E-state index in [1.807, 2.05) is 37.3 Å². The molecule has 2 rings (SSSR count). The monoisotopic (exact) mass is 361 g/mol. The summed E-state index contributed by atoms with van der Waals surface area (Å²) in [5, 5.41) is 2.82. The molecule has 0 saturated heterocycles. The Kier molecular flexibility index (Phi) is 6.66. The number of benzene rings is 1. The van der Waals surface area contributed by atoms with Crippen molar-refractivity contribution in [1.29, 1.82) is 0 Å². The van der Waals surface area contributed by atoms with Crippen molar-refractivity contribution in [1.82, 2.24) is 14.6 Å². The Labute approximate surface area is 148 Å². The van der Waals surface area contributed by atoms with Crippen molar-refractivity contribution in [3.05, 3.63) is 65.5 Å². The zero-order valence-corrected chi connectivity index (χ0v) is 15.3. The molecule has 25 heavy (non-hydrogen) atoms. The van der Waals surface area contributed by atoms with Crippen LogP contribution in [0.15, 0.2) is 48.8 Å². The molecule has 0 fully saturated rings. The maximum atomic E-state index is 12.0. The molecule has 1 amide bonds. The Morgan fingerprint density at radius 1 is 1.20 bits per heavy atom. The van der Waals surface area contributed by atoms with Gasteiger partial charge < -0.3 is 5.32 Å². The summed E-state index contributed by atoms with van der Waals surface area (Å²) < 4.78 is 25.2. The number of carbonyl (C=O) groups is 1. The molecule has 2 aromatic rings. The molecule has 7 heteroatoms. The predicted octanol–water partition coefficient (Wildman–Crippen LogP) is 1.86. The van der Waals surface area contributed by atoms with Crippen LogP contribution in [-0.4, -0.2) is 36.4 Å². The SMILES string of the molecule is Cc1cccc(CNC(=O)CCN(Cc2cccnc2)S(C)(=O)=O)c1. The van der Waals surface area contributed by atoms with E-state index in [0.29, 0.717) is 6.54 Å². The van der Waals surface area contributed by atoms with Gasteiger partial charge in [-0.15, -0.1) is 0 Å². The van der Waals surface area contributed by atoms with Gasteiger partial charge in [0.25, 0.3) is 0 Å². The van der Waals surface area contributed by atoms with Gasteiger partial charge in [0, 0.05) is 38.4 Å². The molecule has 1 aromatic carbocycles. The molecule has 0 bridgehead atoms. The van der Waals surface area contributed by atoms with E-state index in [0.717, 1.165) is 22.9 Å². The Hall–Kier alpha value is -2.25. The number of hydrogen-bond donors (Lipinski definition) is 1. The van der Waals surface area contributed by atoms with Crippen LogP contribution in [0.5, 0.6) is 0 Å². The van der Waals surface area contributed by atoms with Crippen LogP contribution in [0.4, 0.5) is 0 Å². The van der Waals surface area contributed by atoms with Gasteiger partial charge in [0.15, 0.2) is 0 Å². The van der Waals surface area contributed by atoms with E-state index < -0.39 is 10.0 Å². The van der Waals surface area contributed by atoms with Gasteiger partial charge in [0.05, 0.1) is 6.26 Å². The second-order valence-electron chi connectivity index (χ2n) is 5.97. The molecule has 1 N–H and O–H groups in total. The fourth-order valence-corrected chi connectivity index (χ4v) is 3.20. The number of aromatic nitrogens is 1. The predicted molar refractivity (Wildman–Crippen MR) is 97.1 cm³/mol. The number of sulfonamides is 1. The number of nitrogens with one attached hydrogen (secondary N) is 1. The minimum Gasteiger partial charge on any atom is -0.352 e. The molecule has 0 unspecified atom stereocenters. The summed E-state index contributed by atoms with van der Waals surface area (Å²) in [5.74, 6) is -0.179. The molecule has 0 aliphatic carbocycles. The summed E-state index contributed by atoms with van der Waals surface area (Å²) in [6, 6.07) is 11.4. The third-order valence-corrected chi connectivity index (χ3v) is 4.96. The lowest BCUT2D eigenvalue weighted by molar-refractivity contribution is -0.121. The van der Waals surface area contributed by atoms with Gasteiger partial charge in [-0.2, -0.15) is 4.31 Å². The minimum atomic E-state index is -3.41. The molecule has 1 aromatic heterocycles. The molecule has 0 aliphatic rings. The summed E-state index contributed by atoms with van der Waals surface area (Å²) in [6.45, 7) is 2.76. The van der Waals surface area contributed by atoms with Crippen LogP contribution in [0.2, 0.25) is 0 Å². The van der Waals surface area contributed by atoms with E-state index in [-0.39, 0.29) is 25.4 Å². The lowest BCUT2D eigenvalue weighted by atomic mass is 10.1. The van der Waals surface area contributed by atoms with Gasteiger partial charge in [-0.1, -0.05) is 35.9 Å². The summed E-state index contributed by atoms with van der Waals surface area (Å²) in [6.07, 6.45) is 4.51. The van der Waals surface area contributed by atoms with E-state index in [2.05, 4.69) is 10.3 Å². The van der Waals surface area contributed by atoms with Crippen LogP contribution in [0.25, 0.3) is 0 Å². The van der Waals surface area contributed by atoms with Gasteiger partial charge in [0.2, 0.25) is 15.9 Å². The minimum absolute atomic E-state index is 0.110. The van der Waals surface area contributed by atoms with Crippen LogP contribution in [0.1, 0.15) is 23.1 Å². The third-order valence-electron chi connectivity index (χ3n) is 3.71. The molecular weight excluding hydrogens is 338 g/mol. The second kappa shape index (κ2) is 8.73. The van der Waals surface area contributed by atoms with Crippen LogP contribution in [-0.2, 0) is 27.9 Å². The largest absolute Gasteiger partial charge is 0.352 e. The molecule has 0 radical (unpaired) electrons. The highest BCUT2D eigenvalue weighted by Crippen LogP contribution is 2.08. The first-order chi connectivity index (χ1) is 11.8. The Bertz CT molecular complexity index is 807. The zero-order valence-electron chi connectivity index (χ0n) is 14.5. The molecule has 0 saturated carbocycles. The lowest BCUT2D eigenvalue weighted by Gasteiger charge is -2.19. The van der Waals surface area contributed by atoms with Crippen LogP contribution in [0.3, 0.4) is 0 Å². The first-order valence-corrected chi connectivity index (χ1v) is 9.86. The van der Waals surface area contributed by atoms with E-state index in [4.69, 9.17) is 0 Å². The Morgan fingerprint density at radius 3 is 2.60 bits per heavy atom. The maximum absolute atomic E-state index is 12.0. The molecule has 0 aliphatic heterocycles. The summed E-state index contributed by atoms with van der Waals surface area (Å²) >= 11 is 0. The topological polar surface area (TPSA) is 79.4 Å². The first kappa shape index (κ1) is 19.1. The molecule has 6 nitrogen and oxygen atoms in total. The highest BCUT2D eigenvalue weighted by Gasteiger charge is 2.18. The first-order valence-electron chi connectivity index (χ1n) is 8.01. The standard InChI is InChI=1S/C18H23N3O3S/c1-15-5-3-6-16(11-15)13-20-18(22)8-10-21(25(2,23)24)14-17-7-4-9-19-12-17/h3-7,9,11-12H,8,10,13-14H2,1-2H3,(H,20,22). The number of pyridine rings is 1. The average Bonchev–Trinajstić information content (AvgIpc) is 2.56. The van der Waals surface area contributed by atoms with Gasteiger partial charge in [-0.25, -0.2) is 8.42 Å². The fraction of sp³-hybridized carbons (Fsp3) is 0.333. The third kappa shape index (κ3) is 6.64. The highest BCUT2D eigenvalue weighted by atomic mass is 32.2. The van der Waals surface area contributed by atoms with E-state index in [9.17, 15) is 13.2 Å². The molecule has 134 valence electrons. The van der Waals surface area contributed by atoms with E-state index in [1.54, 1.807) is 18.5 Å². The summed E-state index contributed by atoms with van der Waals surface area (Å²) in [5.41, 5.74) is 2.93. The van der Waals surface area contributed by atoms with Gasteiger partial charge in [-0.05, 0) is 24.1 Å². The van der Waals surface area contributed by atoms with Crippen LogP contribution >= 0.6 is 0 Å². The van der Waals surface area contributed by atoms with Crippen molar-refractivity contribution in [2.24, 2.45) is 0 Å². The Morgan fingerprint density at radius 2 is 1.96 bits per heavy atom. The number of nitrogens with zero attached hydrogens (tertiary/aromatic N) is 2. The quantitative estimate of drug-likeness (QED) is 0.778. The number of aryl methyl sites for hydroxylation is 1. The van der Waals surface area contributed by atoms with Crippen molar-refractivity contribution in [2.45, 2.75) is 26.4 Å². The maximum Gasteiger partial charge on any atom is 0.221 e. The average molecular weight is 361 g/mol. The van der Waals surface area contributed by atoms with E-state index >= 15 is 0 Å². The lowest BCUT2D eigenvalue weighted by Crippen LogP contribution is -2.34. The zero-order chi connectivity index (χ0) is 18.3. The molecule has 1 heterocycles. The number of carbonyl (C=O) groups excluding carboxylic acids is 1. The smallest absolute Gasteiger partial charge is 0.221 e. The Balaban J connectivity index is 1.88. The highest BCUT2D eigenvalue weighted by molar-refractivity contribution is 7.88. The van der Waals surface area contributed by atoms with Gasteiger partial charge in [0.1, 0.15) is 0 Å². The molecule has 0 spiro atoms. The summed E-state index contributed by atoms with van der Waals surface area (Å²) in [4.78, 5) is 16.0. The van der Waals surface area contributed by atoms with Crippen LogP contribution < -0.4 is 5.32 Å². The molecule has 0 atom stereocenters. The van der Waals surface area contributed by atoms with Crippen molar-refractivity contribution in [3.8, 4) is 0 Å². The number of amides is 1. The number of hydrogen-bond acceptors (Lipinski definition) is 4. The summed E-state index contributed by atoms with van der Waals surface area (Å²) in [7, 11) is -3.41. The van der Waals surface area contributed by atoms with Crippen molar-refractivity contribution >= 4 is 15.9 Å². The van der Waals surface area contributed by atoms with Crippen molar-refractivity contribution < 1.29 is 13.2 Å². The second-order valence-corrected chi connectivity index (χ2v) is 7.96. The number of rotatable bonds is 8. The van der Waals surface area contributed by atoms with Crippen molar-refractivity contribution in [3.63, 3.8) is 0 Å². The van der Waals surface area contributed by atoms with Crippen LogP contribution in [0, 0.1) is 6.92 Å². The fourth-order valence-electron chi connectivity index (χ4n) is 2.39. The molecular formula is C18H23N3O3S. The van der Waals surface area contributed by atoms with Crippen molar-refractivity contribution in [2.75, 3.05) is 12.8 Å². The normalized spacial score (nSPS) is 11.5. The van der Waals surface area contributed by atoms with Gasteiger partial charge in [-0.3, -0.25) is 9.78 Å².